The highest BCUT2D eigenvalue weighted by molar-refractivity contribution is 7.90. The smallest absolute Gasteiger partial charge is 0.214 e. The molecule has 4 nitrogen and oxygen atoms in total. The third-order valence-electron chi connectivity index (χ3n) is 4.59. The molecule has 2 saturated carbocycles. The molecule has 18 heavy (non-hydrogen) atoms. The van der Waals surface area contributed by atoms with Gasteiger partial charge in [-0.25, -0.2) is 13.1 Å². The highest BCUT2D eigenvalue weighted by Crippen LogP contribution is 2.31. The SMILES string of the molecule is O=S(=O)(NCC1CCCC1CO)C1CCCCC1. The van der Waals surface area contributed by atoms with Crippen molar-refractivity contribution in [2.45, 2.75) is 56.6 Å². The van der Waals surface area contributed by atoms with Crippen LogP contribution in [0.1, 0.15) is 51.4 Å². The first-order valence-electron chi connectivity index (χ1n) is 7.23. The Labute approximate surface area is 110 Å². The van der Waals surface area contributed by atoms with Crippen molar-refractivity contribution in [3.63, 3.8) is 0 Å². The van der Waals surface area contributed by atoms with Crippen molar-refractivity contribution in [2.75, 3.05) is 13.2 Å². The summed E-state index contributed by atoms with van der Waals surface area (Å²) in [7, 11) is -3.13. The molecule has 2 aliphatic carbocycles. The standard InChI is InChI=1S/C13H25NO3S/c15-10-12-6-4-5-11(12)9-14-18(16,17)13-7-2-1-3-8-13/h11-15H,1-10H2. The van der Waals surface area contributed by atoms with Crippen molar-refractivity contribution in [2.24, 2.45) is 11.8 Å². The van der Waals surface area contributed by atoms with Crippen LogP contribution in [0.3, 0.4) is 0 Å². The Balaban J connectivity index is 1.84. The minimum atomic E-state index is -3.13. The fourth-order valence-electron chi connectivity index (χ4n) is 3.34. The predicted octanol–water partition coefficient (Wildman–Crippen LogP) is 1.65. The van der Waals surface area contributed by atoms with Crippen LogP contribution in [-0.2, 0) is 10.0 Å². The van der Waals surface area contributed by atoms with E-state index in [0.717, 1.165) is 44.9 Å². The molecule has 0 bridgehead atoms. The van der Waals surface area contributed by atoms with Crippen LogP contribution < -0.4 is 4.72 Å². The fourth-order valence-corrected chi connectivity index (χ4v) is 4.98. The van der Waals surface area contributed by atoms with Crippen molar-refractivity contribution in [3.8, 4) is 0 Å². The number of nitrogens with one attached hydrogen (secondary N) is 1. The second kappa shape index (κ2) is 6.35. The number of rotatable bonds is 5. The Bertz CT molecular complexity index is 349. The van der Waals surface area contributed by atoms with Gasteiger partial charge in [0.05, 0.1) is 5.25 Å². The van der Waals surface area contributed by atoms with Gasteiger partial charge in [-0.1, -0.05) is 25.7 Å². The molecule has 2 atom stereocenters. The zero-order chi connectivity index (χ0) is 13.0. The first-order chi connectivity index (χ1) is 8.63. The van der Waals surface area contributed by atoms with Gasteiger partial charge in [0, 0.05) is 13.2 Å². The van der Waals surface area contributed by atoms with Gasteiger partial charge in [-0.05, 0) is 37.5 Å². The Morgan fingerprint density at radius 1 is 0.944 bits per heavy atom. The molecule has 2 fully saturated rings. The summed E-state index contributed by atoms with van der Waals surface area (Å²) in [5.41, 5.74) is 0. The van der Waals surface area contributed by atoms with Crippen LogP contribution in [0.4, 0.5) is 0 Å². The van der Waals surface area contributed by atoms with Crippen molar-refractivity contribution < 1.29 is 13.5 Å². The Hall–Kier alpha value is -0.130. The summed E-state index contributed by atoms with van der Waals surface area (Å²) in [5.74, 6) is 0.618. The molecule has 0 spiro atoms. The zero-order valence-corrected chi connectivity index (χ0v) is 11.8. The molecule has 106 valence electrons. The first kappa shape index (κ1) is 14.3. The van der Waals surface area contributed by atoms with Gasteiger partial charge in [0.15, 0.2) is 0 Å². The molecule has 2 rings (SSSR count). The van der Waals surface area contributed by atoms with Gasteiger partial charge in [-0.3, -0.25) is 0 Å². The van der Waals surface area contributed by atoms with Crippen molar-refractivity contribution in [1.82, 2.24) is 4.72 Å². The highest BCUT2D eigenvalue weighted by atomic mass is 32.2. The third-order valence-corrected chi connectivity index (χ3v) is 6.51. The van der Waals surface area contributed by atoms with Gasteiger partial charge in [0.1, 0.15) is 0 Å². The van der Waals surface area contributed by atoms with Crippen molar-refractivity contribution in [3.05, 3.63) is 0 Å². The lowest BCUT2D eigenvalue weighted by molar-refractivity contribution is 0.195. The predicted molar refractivity (Wildman–Crippen MR) is 71.7 cm³/mol. The molecule has 2 N–H and O–H groups in total. The van der Waals surface area contributed by atoms with Crippen LogP contribution in [-0.4, -0.2) is 31.9 Å². The van der Waals surface area contributed by atoms with Crippen molar-refractivity contribution in [1.29, 1.82) is 0 Å². The Morgan fingerprint density at radius 3 is 2.28 bits per heavy atom. The van der Waals surface area contributed by atoms with Gasteiger partial charge in [0.2, 0.25) is 10.0 Å². The average Bonchev–Trinajstić information content (AvgIpc) is 2.85. The molecule has 0 amide bonds. The van der Waals surface area contributed by atoms with E-state index in [1.54, 1.807) is 0 Å². The summed E-state index contributed by atoms with van der Waals surface area (Å²) in [6.07, 6.45) is 8.04. The molecule has 0 heterocycles. The van der Waals surface area contributed by atoms with Crippen LogP contribution in [0.15, 0.2) is 0 Å². The van der Waals surface area contributed by atoms with E-state index in [1.165, 1.54) is 6.42 Å². The monoisotopic (exact) mass is 275 g/mol. The van der Waals surface area contributed by atoms with Gasteiger partial charge < -0.3 is 5.11 Å². The molecule has 5 heteroatoms. The largest absolute Gasteiger partial charge is 0.396 e. The number of aliphatic hydroxyl groups excluding tert-OH is 1. The van der Waals surface area contributed by atoms with E-state index in [1.807, 2.05) is 0 Å². The lowest BCUT2D eigenvalue weighted by Crippen LogP contribution is -2.39. The molecule has 0 aromatic rings. The maximum Gasteiger partial charge on any atom is 0.214 e. The summed E-state index contributed by atoms with van der Waals surface area (Å²) < 4.78 is 27.1. The molecular weight excluding hydrogens is 250 g/mol. The summed E-state index contributed by atoms with van der Waals surface area (Å²) in [6, 6.07) is 0. The fraction of sp³-hybridized carbons (Fsp3) is 1.00. The molecule has 0 aromatic heterocycles. The summed E-state index contributed by atoms with van der Waals surface area (Å²) in [6.45, 7) is 0.708. The minimum Gasteiger partial charge on any atom is -0.396 e. The molecule has 0 aromatic carbocycles. The van der Waals surface area contributed by atoms with Gasteiger partial charge in [0.25, 0.3) is 0 Å². The lowest BCUT2D eigenvalue weighted by Gasteiger charge is -2.24. The van der Waals surface area contributed by atoms with Crippen LogP contribution in [0.25, 0.3) is 0 Å². The average molecular weight is 275 g/mol. The topological polar surface area (TPSA) is 66.4 Å². The normalized spacial score (nSPS) is 30.7. The molecular formula is C13H25NO3S. The molecule has 2 aliphatic rings. The number of hydrogen-bond donors (Lipinski definition) is 2. The zero-order valence-electron chi connectivity index (χ0n) is 11.0. The number of aliphatic hydroxyl groups is 1. The van der Waals surface area contributed by atoms with E-state index in [0.29, 0.717) is 18.4 Å². The molecule has 0 aliphatic heterocycles. The van der Waals surface area contributed by atoms with E-state index < -0.39 is 10.0 Å². The van der Waals surface area contributed by atoms with Crippen LogP contribution in [0, 0.1) is 11.8 Å². The van der Waals surface area contributed by atoms with Crippen LogP contribution in [0.5, 0.6) is 0 Å². The Morgan fingerprint density at radius 2 is 1.61 bits per heavy atom. The van der Waals surface area contributed by atoms with Gasteiger partial charge in [-0.15, -0.1) is 0 Å². The summed E-state index contributed by atoms with van der Waals surface area (Å²) in [5, 5.41) is 9.06. The minimum absolute atomic E-state index is 0.180. The van der Waals surface area contributed by atoms with E-state index in [2.05, 4.69) is 4.72 Å². The number of hydrogen-bond acceptors (Lipinski definition) is 3. The van der Waals surface area contributed by atoms with Gasteiger partial charge >= 0.3 is 0 Å². The highest BCUT2D eigenvalue weighted by Gasteiger charge is 2.31. The van der Waals surface area contributed by atoms with E-state index in [-0.39, 0.29) is 11.9 Å². The van der Waals surface area contributed by atoms with E-state index in [9.17, 15) is 13.5 Å². The third kappa shape index (κ3) is 3.45. The quantitative estimate of drug-likeness (QED) is 0.801. The lowest BCUT2D eigenvalue weighted by atomic mass is 9.97. The van der Waals surface area contributed by atoms with E-state index >= 15 is 0 Å². The second-order valence-electron chi connectivity index (χ2n) is 5.79. The maximum absolute atomic E-state index is 12.2. The second-order valence-corrected chi connectivity index (χ2v) is 7.83. The molecule has 0 saturated heterocycles. The van der Waals surface area contributed by atoms with Crippen LogP contribution >= 0.6 is 0 Å². The maximum atomic E-state index is 12.2. The summed E-state index contributed by atoms with van der Waals surface area (Å²) >= 11 is 0. The van der Waals surface area contributed by atoms with Crippen LogP contribution in [0.2, 0.25) is 0 Å². The number of sulfonamides is 1. The summed E-state index contributed by atoms with van der Waals surface area (Å²) in [4.78, 5) is 0. The van der Waals surface area contributed by atoms with Gasteiger partial charge in [-0.2, -0.15) is 0 Å². The Kier molecular flexibility index (Phi) is 5.04. The van der Waals surface area contributed by atoms with E-state index in [4.69, 9.17) is 0 Å². The molecule has 0 radical (unpaired) electrons. The molecule has 2 unspecified atom stereocenters. The van der Waals surface area contributed by atoms with Crippen molar-refractivity contribution >= 4 is 10.0 Å². The first-order valence-corrected chi connectivity index (χ1v) is 8.77.